The van der Waals surface area contributed by atoms with Gasteiger partial charge in [0.15, 0.2) is 5.69 Å². The van der Waals surface area contributed by atoms with Crippen LogP contribution < -0.4 is 4.72 Å². The quantitative estimate of drug-likeness (QED) is 0.0682. The van der Waals surface area contributed by atoms with Crippen molar-refractivity contribution in [1.82, 2.24) is 24.4 Å². The Labute approximate surface area is 289 Å². The number of hydrogen-bond donors (Lipinski definition) is 1. The van der Waals surface area contributed by atoms with Crippen molar-refractivity contribution in [3.63, 3.8) is 0 Å². The number of aromatic nitrogens is 2. The fourth-order valence-electron chi connectivity index (χ4n) is 4.91. The molecular formula is C32H30F3N7O8S. The van der Waals surface area contributed by atoms with Crippen LogP contribution in [0.5, 0.6) is 0 Å². The summed E-state index contributed by atoms with van der Waals surface area (Å²) in [5.41, 5.74) is 0.883. The lowest BCUT2D eigenvalue weighted by Gasteiger charge is -2.19. The van der Waals surface area contributed by atoms with Crippen molar-refractivity contribution < 1.29 is 50.5 Å². The monoisotopic (exact) mass is 729 g/mol. The van der Waals surface area contributed by atoms with E-state index >= 15 is 0 Å². The Hall–Kier alpha value is -5.98. The Bertz CT molecular complexity index is 2050. The first-order valence-electron chi connectivity index (χ1n) is 15.1. The van der Waals surface area contributed by atoms with Gasteiger partial charge in [0.2, 0.25) is 11.5 Å². The van der Waals surface area contributed by atoms with Crippen molar-refractivity contribution in [1.29, 1.82) is 0 Å². The molecule has 2 heterocycles. The number of hydrazine groups is 1. The molecule has 1 N–H and O–H groups in total. The summed E-state index contributed by atoms with van der Waals surface area (Å²) >= 11 is 0. The van der Waals surface area contributed by atoms with Crippen LogP contribution in [0.1, 0.15) is 45.3 Å². The molecule has 1 atom stereocenters. The molecule has 0 bridgehead atoms. The van der Waals surface area contributed by atoms with Gasteiger partial charge in [0, 0.05) is 12.0 Å². The highest BCUT2D eigenvalue weighted by Crippen LogP contribution is 2.33. The number of fused-ring (bicyclic) bond motifs is 1. The highest BCUT2D eigenvalue weighted by Gasteiger charge is 2.40. The number of nitrogens with zero attached hydrogens (tertiary/aromatic N) is 6. The zero-order chi connectivity index (χ0) is 37.1. The second-order valence-electron chi connectivity index (χ2n) is 11.2. The number of ether oxygens (including phenoxy) is 1. The second-order valence-corrected chi connectivity index (χ2v) is 12.9. The van der Waals surface area contributed by atoms with Crippen LogP contribution in [-0.4, -0.2) is 77.4 Å². The number of benzene rings is 3. The summed E-state index contributed by atoms with van der Waals surface area (Å²) in [7, 11) is -3.11. The lowest BCUT2D eigenvalue weighted by Crippen LogP contribution is -2.39. The molecule has 1 aliphatic heterocycles. The van der Waals surface area contributed by atoms with Crippen molar-refractivity contribution in [2.45, 2.75) is 37.6 Å². The second kappa shape index (κ2) is 14.5. The molecule has 0 fully saturated rings. The molecule has 1 unspecified atom stereocenters. The molecule has 3 aromatic carbocycles. The minimum Gasteiger partial charge on any atom is -0.569 e. The minimum atomic E-state index is -4.72. The van der Waals surface area contributed by atoms with Crippen molar-refractivity contribution in [2.75, 3.05) is 20.2 Å². The molecule has 5 rings (SSSR count). The molecule has 1 aromatic heterocycles. The number of aryl methyl sites for hydroxylation is 1. The predicted octanol–water partition coefficient (Wildman–Crippen LogP) is 5.05. The summed E-state index contributed by atoms with van der Waals surface area (Å²) in [5, 5.41) is 20.4. The first kappa shape index (κ1) is 36.3. The standard InChI is InChI=1S/C32H30F3N7O8S/c1-20-9-11-22(12-10-20)27-19-28(32(33,34)35)36-41(27)23-13-15-24(16-14-23)51(47,48)37-31(45)49-18-6-17-39(3)42(46)38-50-21(2)40-29(43)25-7-4-5-8-26(25)30(40)44/h4-5,7-16,19,21H,6,17-18H2,1-3H3,(H,37,45)/b42-38+. The number of carbonyl (C=O) groups is 3. The molecular weight excluding hydrogens is 699 g/mol. The fourth-order valence-corrected chi connectivity index (χ4v) is 5.80. The van der Waals surface area contributed by atoms with Gasteiger partial charge in [0.1, 0.15) is 0 Å². The molecule has 0 radical (unpaired) electrons. The van der Waals surface area contributed by atoms with Crippen LogP contribution in [0.25, 0.3) is 16.9 Å². The average molecular weight is 730 g/mol. The van der Waals surface area contributed by atoms with E-state index in [9.17, 15) is 41.2 Å². The summed E-state index contributed by atoms with van der Waals surface area (Å²) in [6.07, 6.45) is -7.19. The number of halogens is 3. The Kier molecular flexibility index (Phi) is 10.3. The molecule has 0 saturated heterocycles. The molecule has 0 saturated carbocycles. The fraction of sp³-hybridized carbons (Fsp3) is 0.250. The van der Waals surface area contributed by atoms with E-state index in [1.54, 1.807) is 41.1 Å². The number of alkyl halides is 3. The van der Waals surface area contributed by atoms with E-state index in [1.165, 1.54) is 38.2 Å². The van der Waals surface area contributed by atoms with Crippen LogP contribution in [0.15, 0.2) is 89.0 Å². The van der Waals surface area contributed by atoms with Gasteiger partial charge in [-0.15, -0.1) is 5.01 Å². The predicted molar refractivity (Wildman–Crippen MR) is 171 cm³/mol. The van der Waals surface area contributed by atoms with E-state index in [4.69, 9.17) is 9.57 Å². The highest BCUT2D eigenvalue weighted by atomic mass is 32.2. The number of imide groups is 1. The Balaban J connectivity index is 1.12. The molecule has 0 spiro atoms. The molecule has 15 nitrogen and oxygen atoms in total. The van der Waals surface area contributed by atoms with Gasteiger partial charge in [-0.1, -0.05) is 42.0 Å². The van der Waals surface area contributed by atoms with Gasteiger partial charge < -0.3 is 14.8 Å². The number of amides is 3. The van der Waals surface area contributed by atoms with Crippen LogP contribution in [-0.2, 0) is 25.8 Å². The van der Waals surface area contributed by atoms with Crippen molar-refractivity contribution in [3.05, 3.63) is 106 Å². The van der Waals surface area contributed by atoms with Gasteiger partial charge in [-0.05, 0) is 56.3 Å². The summed E-state index contributed by atoms with van der Waals surface area (Å²) in [4.78, 5) is 42.9. The molecule has 3 amide bonds. The summed E-state index contributed by atoms with van der Waals surface area (Å²) in [6, 6.07) is 18.5. The van der Waals surface area contributed by atoms with E-state index in [2.05, 4.69) is 10.4 Å². The highest BCUT2D eigenvalue weighted by molar-refractivity contribution is 7.90. The van der Waals surface area contributed by atoms with E-state index in [-0.39, 0.29) is 51.9 Å². The lowest BCUT2D eigenvalue weighted by atomic mass is 10.1. The summed E-state index contributed by atoms with van der Waals surface area (Å²) < 4.78 is 73.8. The maximum atomic E-state index is 13.5. The smallest absolute Gasteiger partial charge is 0.435 e. The number of nitrogens with one attached hydrogen (secondary N) is 1. The van der Waals surface area contributed by atoms with E-state index in [0.717, 1.165) is 38.4 Å². The zero-order valence-electron chi connectivity index (χ0n) is 27.2. The van der Waals surface area contributed by atoms with Crippen molar-refractivity contribution >= 4 is 27.9 Å². The zero-order valence-corrected chi connectivity index (χ0v) is 28.0. The molecule has 19 heteroatoms. The van der Waals surface area contributed by atoms with Crippen LogP contribution in [0.4, 0.5) is 18.0 Å². The maximum absolute atomic E-state index is 13.5. The number of rotatable bonds is 12. The topological polar surface area (TPSA) is 179 Å². The first-order chi connectivity index (χ1) is 24.1. The molecule has 0 aliphatic carbocycles. The largest absolute Gasteiger partial charge is 0.569 e. The summed E-state index contributed by atoms with van der Waals surface area (Å²) in [5.74, 6) is -1.19. The van der Waals surface area contributed by atoms with Gasteiger partial charge in [-0.3, -0.25) is 9.59 Å². The lowest BCUT2D eigenvalue weighted by molar-refractivity contribution is -0.707. The van der Waals surface area contributed by atoms with Crippen molar-refractivity contribution in [3.8, 4) is 16.9 Å². The van der Waals surface area contributed by atoms with E-state index in [1.807, 2.05) is 6.92 Å². The van der Waals surface area contributed by atoms with Gasteiger partial charge in [-0.2, -0.15) is 18.3 Å². The third-order valence-electron chi connectivity index (χ3n) is 7.57. The Morgan fingerprint density at radius 3 is 2.24 bits per heavy atom. The van der Waals surface area contributed by atoms with Gasteiger partial charge in [0.05, 0.1) is 52.6 Å². The molecule has 268 valence electrons. The molecule has 51 heavy (non-hydrogen) atoms. The Morgan fingerprint density at radius 2 is 1.65 bits per heavy atom. The third kappa shape index (κ3) is 8.09. The minimum absolute atomic E-state index is 0.0344. The van der Waals surface area contributed by atoms with Crippen molar-refractivity contribution in [2.24, 2.45) is 5.28 Å². The van der Waals surface area contributed by atoms with Crippen LogP contribution in [0.2, 0.25) is 0 Å². The third-order valence-corrected chi connectivity index (χ3v) is 8.89. The normalized spacial score (nSPS) is 13.9. The average Bonchev–Trinajstić information content (AvgIpc) is 3.65. The number of sulfonamides is 1. The van der Waals surface area contributed by atoms with Gasteiger partial charge in [-0.25, -0.2) is 27.5 Å². The van der Waals surface area contributed by atoms with Crippen LogP contribution >= 0.6 is 0 Å². The van der Waals surface area contributed by atoms with Gasteiger partial charge >= 0.3 is 12.3 Å². The SMILES string of the molecule is Cc1ccc(-c2cc(C(F)(F)F)nn2-c2ccc(S(=O)(=O)NC(=O)OCCCN(C)/[N+]([O-])=N\OC(C)N3C(=O)c4ccccc4C3=O)cc2)cc1. The number of carbonyl (C=O) groups excluding carboxylic acids is 3. The maximum Gasteiger partial charge on any atom is 0.435 e. The summed E-state index contributed by atoms with van der Waals surface area (Å²) in [6.45, 7) is 2.85. The Morgan fingerprint density at radius 1 is 1.04 bits per heavy atom. The van der Waals surface area contributed by atoms with Gasteiger partial charge in [0.25, 0.3) is 21.8 Å². The molecule has 4 aromatic rings. The van der Waals surface area contributed by atoms with Crippen LogP contribution in [0.3, 0.4) is 0 Å². The van der Waals surface area contributed by atoms with E-state index in [0.29, 0.717) is 5.56 Å². The number of hydrogen-bond acceptors (Lipinski definition) is 10. The van der Waals surface area contributed by atoms with E-state index < -0.39 is 46.0 Å². The van der Waals surface area contributed by atoms with Crippen LogP contribution in [0, 0.1) is 12.1 Å². The first-order valence-corrected chi connectivity index (χ1v) is 16.6. The molecule has 1 aliphatic rings.